The molecular formula is C8H14O. The third kappa shape index (κ3) is 1.55. The summed E-state index contributed by atoms with van der Waals surface area (Å²) in [6.45, 7) is 5.97. The van der Waals surface area contributed by atoms with Gasteiger partial charge < -0.3 is 5.11 Å². The largest absolute Gasteiger partial charge is 0.393 e. The second kappa shape index (κ2) is 2.53. The van der Waals surface area contributed by atoms with Crippen molar-refractivity contribution in [3.05, 3.63) is 12.2 Å². The monoisotopic (exact) mass is 126 g/mol. The molecule has 1 unspecified atom stereocenters. The summed E-state index contributed by atoms with van der Waals surface area (Å²) in [6, 6.07) is 0. The number of rotatable bonds is 0. The maximum atomic E-state index is 9.25. The lowest BCUT2D eigenvalue weighted by Gasteiger charge is -2.25. The van der Waals surface area contributed by atoms with Crippen molar-refractivity contribution in [3.63, 3.8) is 0 Å². The van der Waals surface area contributed by atoms with E-state index in [1.807, 2.05) is 0 Å². The molecule has 1 fully saturated rings. The van der Waals surface area contributed by atoms with Crippen LogP contribution in [0.15, 0.2) is 12.2 Å². The maximum Gasteiger partial charge on any atom is 0.0571 e. The summed E-state index contributed by atoms with van der Waals surface area (Å²) in [5.74, 6) is 0.436. The smallest absolute Gasteiger partial charge is 0.0571 e. The Morgan fingerprint density at radius 2 is 2.33 bits per heavy atom. The Labute approximate surface area is 56.4 Å². The fraction of sp³-hybridized carbons (Fsp3) is 0.750. The predicted octanol–water partition coefficient (Wildman–Crippen LogP) is 1.72. The van der Waals surface area contributed by atoms with E-state index in [4.69, 9.17) is 0 Å². The highest BCUT2D eigenvalue weighted by Gasteiger charge is 2.19. The van der Waals surface area contributed by atoms with Gasteiger partial charge >= 0.3 is 0 Å². The molecule has 1 nitrogen and oxygen atoms in total. The van der Waals surface area contributed by atoms with Crippen LogP contribution in [0.4, 0.5) is 0 Å². The third-order valence-corrected chi connectivity index (χ3v) is 2.06. The summed E-state index contributed by atoms with van der Waals surface area (Å²) < 4.78 is 0. The van der Waals surface area contributed by atoms with Crippen LogP contribution >= 0.6 is 0 Å². The Morgan fingerprint density at radius 1 is 1.67 bits per heavy atom. The van der Waals surface area contributed by atoms with E-state index in [0.717, 1.165) is 19.3 Å². The first-order valence-corrected chi connectivity index (χ1v) is 3.55. The van der Waals surface area contributed by atoms with E-state index in [2.05, 4.69) is 13.5 Å². The zero-order valence-electron chi connectivity index (χ0n) is 5.93. The van der Waals surface area contributed by atoms with E-state index in [-0.39, 0.29) is 6.10 Å². The lowest BCUT2D eigenvalue weighted by molar-refractivity contribution is 0.0944. The van der Waals surface area contributed by atoms with Crippen LogP contribution in [0.5, 0.6) is 0 Å². The first-order chi connectivity index (χ1) is 4.20. The van der Waals surface area contributed by atoms with Crippen LogP contribution in [0.3, 0.4) is 0 Å². The van der Waals surface area contributed by atoms with Crippen molar-refractivity contribution in [3.8, 4) is 0 Å². The lowest BCUT2D eigenvalue weighted by atomic mass is 9.85. The third-order valence-electron chi connectivity index (χ3n) is 2.06. The van der Waals surface area contributed by atoms with E-state index in [1.165, 1.54) is 5.57 Å². The van der Waals surface area contributed by atoms with Crippen molar-refractivity contribution in [1.29, 1.82) is 0 Å². The van der Waals surface area contributed by atoms with Gasteiger partial charge in [0.1, 0.15) is 0 Å². The van der Waals surface area contributed by atoms with Gasteiger partial charge in [-0.2, -0.15) is 0 Å². The van der Waals surface area contributed by atoms with Crippen LogP contribution in [0, 0.1) is 5.92 Å². The molecule has 0 bridgehead atoms. The molecule has 1 rings (SSSR count). The van der Waals surface area contributed by atoms with Gasteiger partial charge in [-0.05, 0) is 25.2 Å². The predicted molar refractivity (Wildman–Crippen MR) is 38.2 cm³/mol. The number of hydrogen-bond donors (Lipinski definition) is 1. The van der Waals surface area contributed by atoms with E-state index in [1.54, 1.807) is 0 Å². The van der Waals surface area contributed by atoms with Crippen molar-refractivity contribution < 1.29 is 5.11 Å². The summed E-state index contributed by atoms with van der Waals surface area (Å²) in [6.07, 6.45) is 2.88. The van der Waals surface area contributed by atoms with E-state index < -0.39 is 0 Å². The molecule has 1 N–H and O–H groups in total. The van der Waals surface area contributed by atoms with Gasteiger partial charge in [0.05, 0.1) is 6.10 Å². The van der Waals surface area contributed by atoms with Crippen molar-refractivity contribution in [1.82, 2.24) is 0 Å². The molecule has 0 radical (unpaired) electrons. The molecule has 1 heteroatoms. The van der Waals surface area contributed by atoms with Crippen molar-refractivity contribution in [2.75, 3.05) is 0 Å². The van der Waals surface area contributed by atoms with Crippen LogP contribution in [0.1, 0.15) is 26.2 Å². The van der Waals surface area contributed by atoms with E-state index >= 15 is 0 Å². The van der Waals surface area contributed by atoms with Crippen molar-refractivity contribution in [2.24, 2.45) is 5.92 Å². The Bertz CT molecular complexity index is 118. The first kappa shape index (κ1) is 6.81. The zero-order chi connectivity index (χ0) is 6.85. The molecule has 9 heavy (non-hydrogen) atoms. The quantitative estimate of drug-likeness (QED) is 0.490. The second-order valence-electron chi connectivity index (χ2n) is 3.04. The standard InChI is InChI=1S/C8H14O/c1-6-3-4-8(9)7(2)5-6/h7-9H,1,3-5H2,2H3/t7-,8?/m1/s1. The van der Waals surface area contributed by atoms with Gasteiger partial charge in [0, 0.05) is 0 Å². The summed E-state index contributed by atoms with van der Waals surface area (Å²) in [5.41, 5.74) is 1.30. The number of allylic oxidation sites excluding steroid dienone is 1. The minimum absolute atomic E-state index is 0.0736. The van der Waals surface area contributed by atoms with Gasteiger partial charge in [0.15, 0.2) is 0 Å². The molecule has 0 spiro atoms. The Kier molecular flexibility index (Phi) is 1.91. The molecule has 2 atom stereocenters. The topological polar surface area (TPSA) is 20.2 Å². The molecule has 0 heterocycles. The molecule has 0 aliphatic heterocycles. The molecule has 1 aliphatic rings. The Morgan fingerprint density at radius 3 is 2.78 bits per heavy atom. The molecule has 0 aromatic rings. The van der Waals surface area contributed by atoms with Gasteiger partial charge in [0.25, 0.3) is 0 Å². The highest BCUT2D eigenvalue weighted by atomic mass is 16.3. The number of aliphatic hydroxyl groups is 1. The van der Waals surface area contributed by atoms with Crippen LogP contribution in [0.2, 0.25) is 0 Å². The van der Waals surface area contributed by atoms with Crippen LogP contribution in [-0.4, -0.2) is 11.2 Å². The van der Waals surface area contributed by atoms with E-state index in [9.17, 15) is 5.11 Å². The fourth-order valence-corrected chi connectivity index (χ4v) is 1.33. The van der Waals surface area contributed by atoms with Gasteiger partial charge in [-0.15, -0.1) is 0 Å². The lowest BCUT2D eigenvalue weighted by Crippen LogP contribution is -2.22. The normalized spacial score (nSPS) is 36.9. The fourth-order valence-electron chi connectivity index (χ4n) is 1.33. The average molecular weight is 126 g/mol. The SMILES string of the molecule is C=C1CCC(O)[C@H](C)C1. The Balaban J connectivity index is 2.44. The summed E-state index contributed by atoms with van der Waals surface area (Å²) in [5, 5.41) is 9.25. The molecule has 0 amide bonds. The zero-order valence-corrected chi connectivity index (χ0v) is 5.93. The van der Waals surface area contributed by atoms with Gasteiger partial charge in [-0.1, -0.05) is 19.1 Å². The van der Waals surface area contributed by atoms with Crippen LogP contribution < -0.4 is 0 Å². The van der Waals surface area contributed by atoms with Gasteiger partial charge in [-0.3, -0.25) is 0 Å². The number of hydrogen-bond acceptors (Lipinski definition) is 1. The van der Waals surface area contributed by atoms with Crippen molar-refractivity contribution >= 4 is 0 Å². The second-order valence-corrected chi connectivity index (χ2v) is 3.04. The first-order valence-electron chi connectivity index (χ1n) is 3.55. The summed E-state index contributed by atoms with van der Waals surface area (Å²) >= 11 is 0. The molecule has 52 valence electrons. The molecule has 0 aromatic heterocycles. The Hall–Kier alpha value is -0.300. The maximum absolute atomic E-state index is 9.25. The van der Waals surface area contributed by atoms with Gasteiger partial charge in [-0.25, -0.2) is 0 Å². The molecular weight excluding hydrogens is 112 g/mol. The van der Waals surface area contributed by atoms with E-state index in [0.29, 0.717) is 5.92 Å². The summed E-state index contributed by atoms with van der Waals surface area (Å²) in [7, 11) is 0. The highest BCUT2D eigenvalue weighted by molar-refractivity contribution is 5.00. The number of aliphatic hydroxyl groups excluding tert-OH is 1. The van der Waals surface area contributed by atoms with Crippen molar-refractivity contribution in [2.45, 2.75) is 32.3 Å². The summed E-state index contributed by atoms with van der Waals surface area (Å²) in [4.78, 5) is 0. The molecule has 1 saturated carbocycles. The van der Waals surface area contributed by atoms with Crippen LogP contribution in [-0.2, 0) is 0 Å². The molecule has 1 aliphatic carbocycles. The molecule has 0 aromatic carbocycles. The van der Waals surface area contributed by atoms with Crippen LogP contribution in [0.25, 0.3) is 0 Å². The minimum Gasteiger partial charge on any atom is -0.393 e. The minimum atomic E-state index is -0.0736. The highest BCUT2D eigenvalue weighted by Crippen LogP contribution is 2.26. The average Bonchev–Trinajstić information content (AvgIpc) is 1.80. The molecule has 0 saturated heterocycles. The van der Waals surface area contributed by atoms with Gasteiger partial charge in [0.2, 0.25) is 0 Å².